The highest BCUT2D eigenvalue weighted by molar-refractivity contribution is 7.81. The van der Waals surface area contributed by atoms with Crippen molar-refractivity contribution < 1.29 is 46.0 Å². The van der Waals surface area contributed by atoms with Crippen molar-refractivity contribution in [2.24, 2.45) is 0 Å². The van der Waals surface area contributed by atoms with Crippen molar-refractivity contribution in [1.29, 1.82) is 0 Å². The van der Waals surface area contributed by atoms with Crippen LogP contribution in [0.15, 0.2) is 48.6 Å². The molecular formula is C17H20NO9S+. The van der Waals surface area contributed by atoms with Gasteiger partial charge in [-0.1, -0.05) is 25.3 Å². The molecule has 0 radical (unpaired) electrons. The molecule has 1 N–H and O–H groups in total. The molecule has 1 rings (SSSR count). The molecule has 28 heavy (non-hydrogen) atoms. The third-order valence-corrected chi connectivity index (χ3v) is 4.66. The van der Waals surface area contributed by atoms with E-state index in [1.165, 1.54) is 32.9 Å². The maximum absolute atomic E-state index is 12.9. The summed E-state index contributed by atoms with van der Waals surface area (Å²) in [6.45, 7) is 9.79. The number of aromatic carboxylic acids is 1. The summed E-state index contributed by atoms with van der Waals surface area (Å²) < 4.78 is 28.6. The highest BCUT2D eigenvalue weighted by Crippen LogP contribution is 2.27. The minimum absolute atomic E-state index is 0.177. The summed E-state index contributed by atoms with van der Waals surface area (Å²) in [6, 6.07) is 4.87. The minimum Gasteiger partial charge on any atom is -0.478 e. The number of carboxylic acids is 1. The Labute approximate surface area is 162 Å². The first-order chi connectivity index (χ1) is 12.9. The van der Waals surface area contributed by atoms with Gasteiger partial charge in [0.2, 0.25) is 0 Å². The molecule has 0 aromatic heterocycles. The summed E-state index contributed by atoms with van der Waals surface area (Å²) in [5, 5.41) is 9.19. The number of nitrogens with zero attached hydrogens (tertiary/aromatic N) is 1. The van der Waals surface area contributed by atoms with Gasteiger partial charge >= 0.3 is 28.2 Å². The smallest absolute Gasteiger partial charge is 0.478 e. The summed E-state index contributed by atoms with van der Waals surface area (Å²) in [5.41, 5.74) is -0.829. The Balaban J connectivity index is 3.51. The van der Waals surface area contributed by atoms with Crippen LogP contribution in [0.2, 0.25) is 0 Å². The average molecular weight is 414 g/mol. The van der Waals surface area contributed by atoms with Gasteiger partial charge in [-0.2, -0.15) is 0 Å². The number of hydrogen-bond acceptors (Lipinski definition) is 8. The van der Waals surface area contributed by atoms with Gasteiger partial charge in [0.25, 0.3) is 0 Å². The van der Waals surface area contributed by atoms with Crippen LogP contribution >= 0.6 is 0 Å². The Hall–Kier alpha value is -3.18. The summed E-state index contributed by atoms with van der Waals surface area (Å²) in [6.07, 6.45) is 0. The molecule has 10 nitrogen and oxygen atoms in total. The Morgan fingerprint density at radius 2 is 1.50 bits per heavy atom. The molecule has 0 atom stereocenters. The molecule has 1 aromatic carbocycles. The molecule has 0 unspecified atom stereocenters. The molecule has 152 valence electrons. The van der Waals surface area contributed by atoms with Gasteiger partial charge in [0.1, 0.15) is 5.56 Å². The number of hydrogen-bond donors (Lipinski definition) is 1. The first kappa shape index (κ1) is 22.9. The van der Waals surface area contributed by atoms with Crippen LogP contribution in [0.25, 0.3) is 0 Å². The maximum Gasteiger partial charge on any atom is 0.569 e. The highest BCUT2D eigenvalue weighted by Gasteiger charge is 2.55. The molecule has 0 amide bonds. The van der Waals surface area contributed by atoms with E-state index in [0.29, 0.717) is 0 Å². The fourth-order valence-electron chi connectivity index (χ4n) is 1.69. The van der Waals surface area contributed by atoms with Crippen molar-refractivity contribution in [2.45, 2.75) is 20.8 Å². The monoisotopic (exact) mass is 414 g/mol. The summed E-state index contributed by atoms with van der Waals surface area (Å²) in [5.74, 6) is -4.40. The summed E-state index contributed by atoms with van der Waals surface area (Å²) >= 11 is 0. The zero-order valence-corrected chi connectivity index (χ0v) is 16.3. The molecule has 0 spiro atoms. The van der Waals surface area contributed by atoms with E-state index in [1.54, 1.807) is 0 Å². The van der Waals surface area contributed by atoms with Gasteiger partial charge in [-0.15, -0.1) is 8.42 Å². The Bertz CT molecular complexity index is 906. The van der Waals surface area contributed by atoms with E-state index < -0.39 is 50.3 Å². The number of carboxylic acid groups (broad SMARTS) is 1. The second-order valence-electron chi connectivity index (χ2n) is 5.56. The number of carbonyl (C=O) groups excluding carboxylic acids is 2. The van der Waals surface area contributed by atoms with Crippen LogP contribution in [-0.2, 0) is 29.6 Å². The Morgan fingerprint density at radius 1 is 1.04 bits per heavy atom. The lowest BCUT2D eigenvalue weighted by molar-refractivity contribution is -1.13. The number of carbonyl (C=O) groups is 3. The van der Waals surface area contributed by atoms with Crippen LogP contribution < -0.4 is 4.18 Å². The number of benzene rings is 1. The SMILES string of the molecule is C=C(C)C(=O)O[N+](CC)(OC(=O)C(=C)C)S(=O)(=O)Oc1ccccc1C(=O)O. The fourth-order valence-corrected chi connectivity index (χ4v) is 2.81. The van der Waals surface area contributed by atoms with Crippen molar-refractivity contribution in [3.63, 3.8) is 0 Å². The van der Waals surface area contributed by atoms with Crippen molar-refractivity contribution in [1.82, 2.24) is 0 Å². The predicted molar refractivity (Wildman–Crippen MR) is 95.6 cm³/mol. The van der Waals surface area contributed by atoms with E-state index >= 15 is 0 Å². The first-order valence-electron chi connectivity index (χ1n) is 7.80. The van der Waals surface area contributed by atoms with Crippen LogP contribution in [-0.4, -0.2) is 42.2 Å². The number of para-hydroxylation sites is 1. The molecule has 0 aliphatic rings. The molecule has 0 aliphatic heterocycles. The molecule has 0 saturated heterocycles. The second kappa shape index (κ2) is 8.67. The molecule has 0 bridgehead atoms. The number of hydroxylamine groups is 2. The summed E-state index contributed by atoms with van der Waals surface area (Å²) in [4.78, 5) is 45.0. The fraction of sp³-hybridized carbons (Fsp3) is 0.235. The van der Waals surface area contributed by atoms with Gasteiger partial charge in [-0.05, 0) is 32.9 Å². The van der Waals surface area contributed by atoms with Crippen molar-refractivity contribution in [3.8, 4) is 5.75 Å². The normalized spacial score (nSPS) is 11.2. The van der Waals surface area contributed by atoms with Crippen molar-refractivity contribution in [2.75, 3.05) is 6.54 Å². The van der Waals surface area contributed by atoms with Gasteiger partial charge in [0, 0.05) is 11.1 Å². The first-order valence-corrected chi connectivity index (χ1v) is 9.17. The van der Waals surface area contributed by atoms with Crippen LogP contribution in [0, 0.1) is 0 Å². The second-order valence-corrected chi connectivity index (χ2v) is 7.14. The molecule has 0 fully saturated rings. The molecule has 0 aliphatic carbocycles. The van der Waals surface area contributed by atoms with Gasteiger partial charge in [0.15, 0.2) is 16.5 Å². The van der Waals surface area contributed by atoms with Gasteiger partial charge in [-0.25, -0.2) is 24.1 Å². The third-order valence-electron chi connectivity index (χ3n) is 3.18. The highest BCUT2D eigenvalue weighted by atomic mass is 32.2. The van der Waals surface area contributed by atoms with Gasteiger partial charge in [-0.3, -0.25) is 0 Å². The Kier molecular flexibility index (Phi) is 7.08. The predicted octanol–water partition coefficient (Wildman–Crippen LogP) is 1.91. The largest absolute Gasteiger partial charge is 0.569 e. The topological polar surface area (TPSA) is 133 Å². The zero-order valence-electron chi connectivity index (χ0n) is 15.5. The van der Waals surface area contributed by atoms with E-state index in [4.69, 9.17) is 13.9 Å². The lowest BCUT2D eigenvalue weighted by atomic mass is 10.2. The van der Waals surface area contributed by atoms with Gasteiger partial charge in [0.05, 0.1) is 0 Å². The lowest BCUT2D eigenvalue weighted by Gasteiger charge is -2.27. The standard InChI is InChI=1S/C17H19NO9S/c1-6-18(25-16(21)11(2)3,26-17(22)12(4)5)28(23,24)27-14-10-8-7-9-13(14)15(19)20/h7-10H,2,4,6H2,1,3,5H3/p+1. The quantitative estimate of drug-likeness (QED) is 0.365. The third kappa shape index (κ3) is 4.96. The summed E-state index contributed by atoms with van der Waals surface area (Å²) in [7, 11) is -5.09. The molecule has 0 saturated carbocycles. The number of rotatable bonds is 9. The van der Waals surface area contributed by atoms with Gasteiger partial charge < -0.3 is 9.29 Å². The van der Waals surface area contributed by atoms with E-state index in [2.05, 4.69) is 13.2 Å². The van der Waals surface area contributed by atoms with Crippen molar-refractivity contribution in [3.05, 3.63) is 54.1 Å². The van der Waals surface area contributed by atoms with Crippen LogP contribution in [0.5, 0.6) is 5.75 Å². The zero-order chi connectivity index (χ0) is 21.7. The average Bonchev–Trinajstić information content (AvgIpc) is 2.60. The minimum atomic E-state index is -5.09. The van der Waals surface area contributed by atoms with E-state index in [1.807, 2.05) is 0 Å². The maximum atomic E-state index is 12.9. The molecular weight excluding hydrogens is 394 g/mol. The lowest BCUT2D eigenvalue weighted by Crippen LogP contribution is -2.56. The van der Waals surface area contributed by atoms with E-state index in [-0.39, 0.29) is 11.1 Å². The molecule has 0 heterocycles. The van der Waals surface area contributed by atoms with E-state index in [9.17, 15) is 27.9 Å². The van der Waals surface area contributed by atoms with Crippen molar-refractivity contribution >= 4 is 28.2 Å². The molecule has 11 heteroatoms. The van der Waals surface area contributed by atoms with E-state index in [0.717, 1.165) is 12.1 Å². The van der Waals surface area contributed by atoms with Crippen LogP contribution in [0.3, 0.4) is 0 Å². The number of quaternary nitrogens is 1. The Morgan fingerprint density at radius 3 is 1.89 bits per heavy atom. The molecule has 1 aromatic rings. The van der Waals surface area contributed by atoms with Crippen LogP contribution in [0.4, 0.5) is 0 Å². The van der Waals surface area contributed by atoms with Crippen LogP contribution in [0.1, 0.15) is 31.1 Å².